The number of aromatic nitrogens is 1. The molecule has 1 aromatic heterocycles. The summed E-state index contributed by atoms with van der Waals surface area (Å²) in [5, 5.41) is 4.45. The molecule has 0 bridgehead atoms. The first-order valence-electron chi connectivity index (χ1n) is 7.79. The third kappa shape index (κ3) is 3.37. The predicted molar refractivity (Wildman–Crippen MR) is 97.4 cm³/mol. The minimum Gasteiger partial charge on any atom is -0.382 e. The lowest BCUT2D eigenvalue weighted by molar-refractivity contribution is 0.716. The van der Waals surface area contributed by atoms with Crippen molar-refractivity contribution in [1.29, 1.82) is 0 Å². The third-order valence-electron chi connectivity index (χ3n) is 4.16. The van der Waals surface area contributed by atoms with Gasteiger partial charge in [-0.1, -0.05) is 36.4 Å². The molecule has 3 rings (SSSR count). The smallest absolute Gasteiger partial charge is 0.250 e. The summed E-state index contributed by atoms with van der Waals surface area (Å²) in [6.45, 7) is 2.91. The summed E-state index contributed by atoms with van der Waals surface area (Å²) < 4.78 is 0. The maximum atomic E-state index is 11.8. The van der Waals surface area contributed by atoms with Gasteiger partial charge in [0, 0.05) is 42.5 Å². The lowest BCUT2D eigenvalue weighted by atomic mass is 10.1. The molecule has 118 valence electrons. The molecule has 0 aliphatic carbocycles. The molecular formula is C19H21N3O. The summed E-state index contributed by atoms with van der Waals surface area (Å²) in [4.78, 5) is 16.9. The van der Waals surface area contributed by atoms with E-state index in [0.717, 1.165) is 23.1 Å². The Morgan fingerprint density at radius 2 is 1.78 bits per heavy atom. The van der Waals surface area contributed by atoms with Crippen LogP contribution >= 0.6 is 0 Å². The quantitative estimate of drug-likeness (QED) is 0.759. The molecule has 2 N–H and O–H groups in total. The van der Waals surface area contributed by atoms with Crippen molar-refractivity contribution < 1.29 is 0 Å². The molecule has 23 heavy (non-hydrogen) atoms. The zero-order valence-corrected chi connectivity index (χ0v) is 13.4. The van der Waals surface area contributed by atoms with Gasteiger partial charge in [0.1, 0.15) is 0 Å². The third-order valence-corrected chi connectivity index (χ3v) is 4.16. The highest BCUT2D eigenvalue weighted by Gasteiger charge is 2.10. The Morgan fingerprint density at radius 3 is 2.57 bits per heavy atom. The summed E-state index contributed by atoms with van der Waals surface area (Å²) in [6.07, 6.45) is 0. The average molecular weight is 307 g/mol. The number of hydrogen-bond donors (Lipinski definition) is 2. The highest BCUT2D eigenvalue weighted by Crippen LogP contribution is 2.20. The van der Waals surface area contributed by atoms with E-state index in [9.17, 15) is 4.79 Å². The van der Waals surface area contributed by atoms with Crippen molar-refractivity contribution in [2.24, 2.45) is 0 Å². The van der Waals surface area contributed by atoms with Gasteiger partial charge in [0.25, 0.3) is 0 Å². The predicted octanol–water partition coefficient (Wildman–Crippen LogP) is 3.46. The van der Waals surface area contributed by atoms with Crippen molar-refractivity contribution >= 4 is 22.3 Å². The molecule has 0 aliphatic rings. The highest BCUT2D eigenvalue weighted by molar-refractivity contribution is 5.90. The molecule has 2 aromatic carbocycles. The number of benzene rings is 2. The molecule has 4 heteroatoms. The van der Waals surface area contributed by atoms with Crippen molar-refractivity contribution in [2.45, 2.75) is 13.0 Å². The number of hydrogen-bond acceptors (Lipinski definition) is 3. The van der Waals surface area contributed by atoms with E-state index in [0.29, 0.717) is 0 Å². The number of rotatable bonds is 5. The standard InChI is InChI=1S/C19H21N3O/c1-14(22(2)15-8-4-3-5-9-15)13-20-18-12-19(23)21-17-11-7-6-10-16(17)18/h3-12,14H,13H2,1-2H3,(H2,20,21,23). The summed E-state index contributed by atoms with van der Waals surface area (Å²) in [6, 6.07) is 20.0. The maximum Gasteiger partial charge on any atom is 0.250 e. The van der Waals surface area contributed by atoms with Gasteiger partial charge in [0.2, 0.25) is 5.56 Å². The molecule has 0 amide bonds. The molecule has 1 heterocycles. The molecule has 0 aliphatic heterocycles. The van der Waals surface area contributed by atoms with Gasteiger partial charge in [-0.2, -0.15) is 0 Å². The number of H-pyrrole nitrogens is 1. The zero-order valence-electron chi connectivity index (χ0n) is 13.4. The van der Waals surface area contributed by atoms with E-state index in [1.165, 1.54) is 5.69 Å². The van der Waals surface area contributed by atoms with Crippen molar-refractivity contribution in [3.05, 3.63) is 71.0 Å². The fourth-order valence-corrected chi connectivity index (χ4v) is 2.66. The van der Waals surface area contributed by atoms with Crippen LogP contribution in [0.4, 0.5) is 11.4 Å². The van der Waals surface area contributed by atoms with E-state index >= 15 is 0 Å². The lowest BCUT2D eigenvalue weighted by Gasteiger charge is -2.27. The van der Waals surface area contributed by atoms with Gasteiger partial charge in [-0.15, -0.1) is 0 Å². The van der Waals surface area contributed by atoms with Crippen molar-refractivity contribution in [1.82, 2.24) is 4.98 Å². The van der Waals surface area contributed by atoms with Crippen LogP contribution in [0.15, 0.2) is 65.5 Å². The number of fused-ring (bicyclic) bond motifs is 1. The molecule has 0 saturated carbocycles. The number of nitrogens with zero attached hydrogens (tertiary/aromatic N) is 1. The summed E-state index contributed by atoms with van der Waals surface area (Å²) in [5.41, 5.74) is 2.82. The van der Waals surface area contributed by atoms with Crippen LogP contribution in [0.25, 0.3) is 10.9 Å². The van der Waals surface area contributed by atoms with Gasteiger partial charge in [0.05, 0.1) is 5.52 Å². The molecular weight excluding hydrogens is 286 g/mol. The maximum absolute atomic E-state index is 11.8. The van der Waals surface area contributed by atoms with Gasteiger partial charge in [-0.3, -0.25) is 4.79 Å². The van der Waals surface area contributed by atoms with E-state index in [-0.39, 0.29) is 11.6 Å². The number of aromatic amines is 1. The lowest BCUT2D eigenvalue weighted by Crippen LogP contribution is -2.34. The largest absolute Gasteiger partial charge is 0.382 e. The second-order valence-corrected chi connectivity index (χ2v) is 5.77. The molecule has 0 radical (unpaired) electrons. The average Bonchev–Trinajstić information content (AvgIpc) is 2.59. The number of anilines is 2. The van der Waals surface area contributed by atoms with Gasteiger partial charge in [0.15, 0.2) is 0 Å². The fraction of sp³-hybridized carbons (Fsp3) is 0.211. The monoisotopic (exact) mass is 307 g/mol. The Kier molecular flexibility index (Phi) is 4.33. The minimum absolute atomic E-state index is 0.0877. The number of nitrogens with one attached hydrogen (secondary N) is 2. The molecule has 0 fully saturated rings. The van der Waals surface area contributed by atoms with Crippen LogP contribution in [0.2, 0.25) is 0 Å². The van der Waals surface area contributed by atoms with Crippen LogP contribution in [0.1, 0.15) is 6.92 Å². The Bertz CT molecular complexity index is 842. The molecule has 0 saturated heterocycles. The second-order valence-electron chi connectivity index (χ2n) is 5.77. The molecule has 1 atom stereocenters. The highest BCUT2D eigenvalue weighted by atomic mass is 16.1. The van der Waals surface area contributed by atoms with Crippen LogP contribution in [0, 0.1) is 0 Å². The number of likely N-dealkylation sites (N-methyl/N-ethyl adjacent to an activating group) is 1. The summed E-state index contributed by atoms with van der Waals surface area (Å²) >= 11 is 0. The molecule has 4 nitrogen and oxygen atoms in total. The van der Waals surface area contributed by atoms with Crippen LogP contribution in [0.5, 0.6) is 0 Å². The van der Waals surface area contributed by atoms with Gasteiger partial charge < -0.3 is 15.2 Å². The van der Waals surface area contributed by atoms with Crippen LogP contribution in [0.3, 0.4) is 0 Å². The Labute approximate surface area is 135 Å². The SMILES string of the molecule is CC(CNc1cc(=O)[nH]c2ccccc12)N(C)c1ccccc1. The first kappa shape index (κ1) is 15.2. The zero-order chi connectivity index (χ0) is 16.2. The van der Waals surface area contributed by atoms with Crippen LogP contribution in [-0.2, 0) is 0 Å². The molecule has 3 aromatic rings. The van der Waals surface area contributed by atoms with E-state index in [1.54, 1.807) is 6.07 Å². The summed E-state index contributed by atoms with van der Waals surface area (Å²) in [5.74, 6) is 0. The van der Waals surface area contributed by atoms with Gasteiger partial charge in [-0.05, 0) is 25.1 Å². The Balaban J connectivity index is 1.77. The van der Waals surface area contributed by atoms with Crippen molar-refractivity contribution in [2.75, 3.05) is 23.8 Å². The normalized spacial score (nSPS) is 12.1. The topological polar surface area (TPSA) is 48.1 Å². The molecule has 0 spiro atoms. The van der Waals surface area contributed by atoms with E-state index in [1.807, 2.05) is 42.5 Å². The van der Waals surface area contributed by atoms with Crippen LogP contribution in [-0.4, -0.2) is 24.6 Å². The van der Waals surface area contributed by atoms with Crippen molar-refractivity contribution in [3.63, 3.8) is 0 Å². The first-order valence-corrected chi connectivity index (χ1v) is 7.79. The minimum atomic E-state index is -0.0877. The van der Waals surface area contributed by atoms with E-state index in [2.05, 4.69) is 41.3 Å². The number of para-hydroxylation sites is 2. The van der Waals surface area contributed by atoms with Gasteiger partial charge in [-0.25, -0.2) is 0 Å². The fourth-order valence-electron chi connectivity index (χ4n) is 2.66. The van der Waals surface area contributed by atoms with E-state index < -0.39 is 0 Å². The Morgan fingerprint density at radius 1 is 1.09 bits per heavy atom. The summed E-state index contributed by atoms with van der Waals surface area (Å²) in [7, 11) is 2.08. The van der Waals surface area contributed by atoms with Crippen molar-refractivity contribution in [3.8, 4) is 0 Å². The van der Waals surface area contributed by atoms with Gasteiger partial charge >= 0.3 is 0 Å². The van der Waals surface area contributed by atoms with Crippen LogP contribution < -0.4 is 15.8 Å². The van der Waals surface area contributed by atoms with E-state index in [4.69, 9.17) is 0 Å². The first-order chi connectivity index (χ1) is 11.1. The number of pyridine rings is 1. The Hall–Kier alpha value is -2.75. The molecule has 1 unspecified atom stereocenters. The second kappa shape index (κ2) is 6.57.